The molecule has 0 amide bonds. The van der Waals surface area contributed by atoms with Crippen molar-refractivity contribution in [2.45, 2.75) is 50.4 Å². The van der Waals surface area contributed by atoms with Crippen molar-refractivity contribution >= 4 is 11.8 Å². The Bertz CT molecular complexity index is 308. The molecule has 1 aliphatic carbocycles. The monoisotopic (exact) mass is 238 g/mol. The molecular formula is C13H22N2S. The number of hydrogen-bond donors (Lipinski definition) is 1. The van der Waals surface area contributed by atoms with E-state index in [0.717, 1.165) is 28.2 Å². The van der Waals surface area contributed by atoms with Crippen LogP contribution in [0.5, 0.6) is 0 Å². The number of nitrogens with zero attached hydrogens (tertiary/aromatic N) is 1. The summed E-state index contributed by atoms with van der Waals surface area (Å²) in [7, 11) is 0. The van der Waals surface area contributed by atoms with Crippen molar-refractivity contribution in [1.82, 2.24) is 9.97 Å². The zero-order valence-electron chi connectivity index (χ0n) is 10.4. The minimum Gasteiger partial charge on any atom is -0.340 e. The third-order valence-electron chi connectivity index (χ3n) is 3.70. The average Bonchev–Trinajstić information content (AvgIpc) is 2.70. The van der Waals surface area contributed by atoms with Gasteiger partial charge in [0.15, 0.2) is 5.16 Å². The highest BCUT2D eigenvalue weighted by Gasteiger charge is 2.31. The highest BCUT2D eigenvalue weighted by molar-refractivity contribution is 7.99. The lowest BCUT2D eigenvalue weighted by Crippen LogP contribution is -2.29. The average molecular weight is 238 g/mol. The molecule has 3 atom stereocenters. The summed E-state index contributed by atoms with van der Waals surface area (Å²) in [4.78, 5) is 7.55. The molecule has 0 saturated heterocycles. The molecule has 1 N–H and O–H groups in total. The fourth-order valence-electron chi connectivity index (χ4n) is 2.71. The predicted octanol–water partition coefficient (Wildman–Crippen LogP) is 3.96. The van der Waals surface area contributed by atoms with Crippen LogP contribution in [-0.4, -0.2) is 15.2 Å². The summed E-state index contributed by atoms with van der Waals surface area (Å²) >= 11 is 1.94. The van der Waals surface area contributed by atoms with Gasteiger partial charge in [0.05, 0.1) is 0 Å². The number of hydrogen-bond acceptors (Lipinski definition) is 2. The largest absolute Gasteiger partial charge is 0.340 e. The number of aromatic amines is 1. The Labute approximate surface area is 103 Å². The van der Waals surface area contributed by atoms with Crippen LogP contribution in [0.2, 0.25) is 0 Å². The maximum Gasteiger partial charge on any atom is 0.165 e. The summed E-state index contributed by atoms with van der Waals surface area (Å²) in [5.41, 5.74) is 0. The molecule has 1 aliphatic rings. The molecule has 1 fully saturated rings. The first-order valence-corrected chi connectivity index (χ1v) is 7.21. The number of thioether (sulfide) groups is 1. The first-order chi connectivity index (χ1) is 7.66. The van der Waals surface area contributed by atoms with Crippen LogP contribution in [-0.2, 0) is 0 Å². The number of H-pyrrole nitrogens is 1. The van der Waals surface area contributed by atoms with E-state index < -0.39 is 0 Å². The Kier molecular flexibility index (Phi) is 3.95. The van der Waals surface area contributed by atoms with Gasteiger partial charge in [-0.3, -0.25) is 0 Å². The lowest BCUT2D eigenvalue weighted by Gasteiger charge is -2.36. The van der Waals surface area contributed by atoms with E-state index in [2.05, 4.69) is 30.7 Å². The molecule has 0 spiro atoms. The molecule has 3 unspecified atom stereocenters. The predicted molar refractivity (Wildman–Crippen MR) is 69.6 cm³/mol. The van der Waals surface area contributed by atoms with Gasteiger partial charge in [0.25, 0.3) is 0 Å². The zero-order chi connectivity index (χ0) is 11.5. The van der Waals surface area contributed by atoms with Crippen molar-refractivity contribution in [3.63, 3.8) is 0 Å². The van der Waals surface area contributed by atoms with E-state index in [4.69, 9.17) is 0 Å². The molecule has 3 heteroatoms. The van der Waals surface area contributed by atoms with Crippen molar-refractivity contribution < 1.29 is 0 Å². The Morgan fingerprint density at radius 1 is 1.44 bits per heavy atom. The quantitative estimate of drug-likeness (QED) is 0.863. The van der Waals surface area contributed by atoms with Crippen molar-refractivity contribution in [3.05, 3.63) is 12.4 Å². The summed E-state index contributed by atoms with van der Waals surface area (Å²) in [5.74, 6) is 2.52. The lowest BCUT2D eigenvalue weighted by molar-refractivity contribution is 0.244. The maximum atomic E-state index is 4.34. The van der Waals surface area contributed by atoms with Crippen LogP contribution in [0.4, 0.5) is 0 Å². The molecule has 1 aromatic rings. The van der Waals surface area contributed by atoms with Gasteiger partial charge in [-0.25, -0.2) is 4.98 Å². The molecule has 2 nitrogen and oxygen atoms in total. The van der Waals surface area contributed by atoms with Crippen LogP contribution in [0.3, 0.4) is 0 Å². The molecule has 0 radical (unpaired) electrons. The van der Waals surface area contributed by atoms with Crippen LogP contribution in [0.25, 0.3) is 0 Å². The van der Waals surface area contributed by atoms with Gasteiger partial charge in [-0.05, 0) is 30.6 Å². The summed E-state index contributed by atoms with van der Waals surface area (Å²) in [6.07, 6.45) is 7.89. The van der Waals surface area contributed by atoms with E-state index in [-0.39, 0.29) is 0 Å². The van der Waals surface area contributed by atoms with Crippen molar-refractivity contribution in [2.24, 2.45) is 17.8 Å². The molecule has 1 saturated carbocycles. The highest BCUT2D eigenvalue weighted by atomic mass is 32.2. The van der Waals surface area contributed by atoms with Crippen LogP contribution < -0.4 is 0 Å². The summed E-state index contributed by atoms with van der Waals surface area (Å²) < 4.78 is 0. The van der Waals surface area contributed by atoms with Crippen molar-refractivity contribution in [1.29, 1.82) is 0 Å². The zero-order valence-corrected chi connectivity index (χ0v) is 11.3. The Hall–Kier alpha value is -0.440. The van der Waals surface area contributed by atoms with Crippen LogP contribution in [0, 0.1) is 17.8 Å². The van der Waals surface area contributed by atoms with Gasteiger partial charge in [-0.1, -0.05) is 39.0 Å². The fourth-order valence-corrected chi connectivity index (χ4v) is 4.30. The van der Waals surface area contributed by atoms with Crippen LogP contribution >= 0.6 is 11.8 Å². The molecule has 2 rings (SSSR count). The summed E-state index contributed by atoms with van der Waals surface area (Å²) in [5, 5.41) is 1.83. The van der Waals surface area contributed by atoms with Crippen molar-refractivity contribution in [3.8, 4) is 0 Å². The van der Waals surface area contributed by atoms with E-state index in [1.165, 1.54) is 19.3 Å². The Morgan fingerprint density at radius 3 is 2.88 bits per heavy atom. The number of aromatic nitrogens is 2. The van der Waals surface area contributed by atoms with Crippen LogP contribution in [0.1, 0.15) is 40.0 Å². The van der Waals surface area contributed by atoms with E-state index in [1.807, 2.05) is 24.2 Å². The Balaban J connectivity index is 2.02. The van der Waals surface area contributed by atoms with E-state index in [9.17, 15) is 0 Å². The molecule has 1 aromatic heterocycles. The number of rotatable bonds is 3. The smallest absolute Gasteiger partial charge is 0.165 e. The minimum atomic E-state index is 0.745. The Morgan fingerprint density at radius 2 is 2.25 bits per heavy atom. The third-order valence-corrected chi connectivity index (χ3v) is 4.99. The molecule has 16 heavy (non-hydrogen) atoms. The minimum absolute atomic E-state index is 0.745. The van der Waals surface area contributed by atoms with E-state index >= 15 is 0 Å². The van der Waals surface area contributed by atoms with E-state index in [1.54, 1.807) is 0 Å². The van der Waals surface area contributed by atoms with Gasteiger partial charge in [0, 0.05) is 17.6 Å². The summed E-state index contributed by atoms with van der Waals surface area (Å²) in [6.45, 7) is 7.10. The highest BCUT2D eigenvalue weighted by Crippen LogP contribution is 2.41. The van der Waals surface area contributed by atoms with Gasteiger partial charge in [-0.15, -0.1) is 0 Å². The molecule has 0 bridgehead atoms. The molecule has 0 aromatic carbocycles. The second-order valence-electron chi connectivity index (χ2n) is 5.38. The van der Waals surface area contributed by atoms with Gasteiger partial charge in [-0.2, -0.15) is 0 Å². The number of imidazole rings is 1. The second kappa shape index (κ2) is 5.26. The topological polar surface area (TPSA) is 28.7 Å². The molecule has 1 heterocycles. The maximum absolute atomic E-state index is 4.34. The SMILES string of the molecule is CC1CCC(C(C)C)C(Sc2ncc[nH]2)C1. The normalized spacial score (nSPS) is 30.9. The third kappa shape index (κ3) is 2.82. The van der Waals surface area contributed by atoms with E-state index in [0.29, 0.717) is 0 Å². The van der Waals surface area contributed by atoms with Crippen LogP contribution in [0.15, 0.2) is 17.6 Å². The van der Waals surface area contributed by atoms with Crippen molar-refractivity contribution in [2.75, 3.05) is 0 Å². The number of nitrogens with one attached hydrogen (secondary N) is 1. The second-order valence-corrected chi connectivity index (χ2v) is 6.60. The molecule has 0 aliphatic heterocycles. The standard InChI is InChI=1S/C13H22N2S/c1-9(2)11-5-4-10(3)8-12(11)16-13-14-6-7-15-13/h6-7,9-12H,4-5,8H2,1-3H3,(H,14,15). The van der Waals surface area contributed by atoms with Gasteiger partial charge in [0.1, 0.15) is 0 Å². The first kappa shape index (κ1) is 12.0. The molecular weight excluding hydrogens is 216 g/mol. The first-order valence-electron chi connectivity index (χ1n) is 6.33. The summed E-state index contributed by atoms with van der Waals surface area (Å²) in [6, 6.07) is 0. The van der Waals surface area contributed by atoms with Gasteiger partial charge in [0.2, 0.25) is 0 Å². The molecule has 90 valence electrons. The van der Waals surface area contributed by atoms with Gasteiger partial charge < -0.3 is 4.98 Å². The van der Waals surface area contributed by atoms with Gasteiger partial charge >= 0.3 is 0 Å². The lowest BCUT2D eigenvalue weighted by atomic mass is 9.77. The fraction of sp³-hybridized carbons (Fsp3) is 0.769.